The first-order valence-electron chi connectivity index (χ1n) is 11.3. The molecule has 0 amide bonds. The van der Waals surface area contributed by atoms with E-state index in [-0.39, 0.29) is 0 Å². The number of hydrogen-bond donors (Lipinski definition) is 2. The Hall–Kier alpha value is -2.77. The van der Waals surface area contributed by atoms with Crippen molar-refractivity contribution in [3.8, 4) is 10.9 Å². The molecule has 7 heteroatoms. The van der Waals surface area contributed by atoms with E-state index in [4.69, 9.17) is 15.9 Å². The number of benzene rings is 2. The van der Waals surface area contributed by atoms with Gasteiger partial charge in [-0.05, 0) is 74.9 Å². The fraction of sp³-hybridized carbons (Fsp3) is 0.400. The van der Waals surface area contributed by atoms with Crippen LogP contribution in [0.4, 0.5) is 0 Å². The van der Waals surface area contributed by atoms with Crippen LogP contribution in [0.3, 0.4) is 0 Å². The third-order valence-electron chi connectivity index (χ3n) is 5.53. The standard InChI is InChI=1S/C25H31N5OS/c1-18(26)28-24(27)7-4-15-30(17-20-8-9-20)16-14-19-10-12-21(13-11-19)31-25-29-22-5-2-3-6-23(22)32-25/h2-3,5-6,10-13,20H,4,7-9,14-17H2,1H3,(H3,26,27,28). The van der Waals surface area contributed by atoms with Gasteiger partial charge in [-0.1, -0.05) is 35.6 Å². The summed E-state index contributed by atoms with van der Waals surface area (Å²) in [5.41, 5.74) is 7.85. The van der Waals surface area contributed by atoms with E-state index in [1.165, 1.54) is 18.4 Å². The van der Waals surface area contributed by atoms with E-state index in [9.17, 15) is 0 Å². The Morgan fingerprint density at radius 2 is 1.97 bits per heavy atom. The molecule has 3 aromatic rings. The minimum atomic E-state index is 0.375. The van der Waals surface area contributed by atoms with E-state index in [0.29, 0.717) is 23.3 Å². The van der Waals surface area contributed by atoms with Crippen LogP contribution in [0.2, 0.25) is 0 Å². The lowest BCUT2D eigenvalue weighted by Crippen LogP contribution is -2.29. The van der Waals surface area contributed by atoms with Crippen molar-refractivity contribution in [2.45, 2.75) is 39.0 Å². The zero-order chi connectivity index (χ0) is 22.3. The number of amidine groups is 2. The van der Waals surface area contributed by atoms with E-state index in [1.807, 2.05) is 30.3 Å². The van der Waals surface area contributed by atoms with Crippen LogP contribution in [0.15, 0.2) is 53.5 Å². The summed E-state index contributed by atoms with van der Waals surface area (Å²) in [6.45, 7) is 4.91. The number of fused-ring (bicyclic) bond motifs is 1. The molecule has 1 aromatic heterocycles. The highest BCUT2D eigenvalue weighted by Gasteiger charge is 2.24. The lowest BCUT2D eigenvalue weighted by molar-refractivity contribution is 0.264. The molecule has 0 spiro atoms. The highest BCUT2D eigenvalue weighted by Crippen LogP contribution is 2.31. The van der Waals surface area contributed by atoms with Crippen LogP contribution >= 0.6 is 11.3 Å². The fourth-order valence-corrected chi connectivity index (χ4v) is 4.54. The summed E-state index contributed by atoms with van der Waals surface area (Å²) in [7, 11) is 0. The maximum atomic E-state index is 7.88. The zero-order valence-electron chi connectivity index (χ0n) is 18.6. The molecule has 1 saturated carbocycles. The molecule has 0 aliphatic heterocycles. The molecule has 2 aromatic carbocycles. The van der Waals surface area contributed by atoms with Gasteiger partial charge in [0.2, 0.25) is 0 Å². The van der Waals surface area contributed by atoms with Gasteiger partial charge in [-0.2, -0.15) is 0 Å². The van der Waals surface area contributed by atoms with Gasteiger partial charge < -0.3 is 15.4 Å². The van der Waals surface area contributed by atoms with Crippen LogP contribution in [-0.4, -0.2) is 41.2 Å². The predicted molar refractivity (Wildman–Crippen MR) is 133 cm³/mol. The van der Waals surface area contributed by atoms with Gasteiger partial charge in [0.1, 0.15) is 11.6 Å². The molecule has 1 fully saturated rings. The molecule has 6 nitrogen and oxygen atoms in total. The average molecular weight is 450 g/mol. The molecular formula is C25H31N5OS. The summed E-state index contributed by atoms with van der Waals surface area (Å²) in [5, 5.41) is 8.56. The zero-order valence-corrected chi connectivity index (χ0v) is 19.4. The number of rotatable bonds is 11. The van der Waals surface area contributed by atoms with Crippen molar-refractivity contribution in [1.29, 1.82) is 5.41 Å². The van der Waals surface area contributed by atoms with Gasteiger partial charge in [-0.25, -0.2) is 9.98 Å². The summed E-state index contributed by atoms with van der Waals surface area (Å²) in [4.78, 5) is 11.1. The van der Waals surface area contributed by atoms with Gasteiger partial charge in [0.25, 0.3) is 5.19 Å². The first kappa shape index (κ1) is 22.4. The molecule has 32 heavy (non-hydrogen) atoms. The Balaban J connectivity index is 1.27. The van der Waals surface area contributed by atoms with Crippen molar-refractivity contribution < 1.29 is 4.74 Å². The predicted octanol–water partition coefficient (Wildman–Crippen LogP) is 5.48. The smallest absolute Gasteiger partial charge is 0.279 e. The lowest BCUT2D eigenvalue weighted by atomic mass is 10.1. The normalized spacial score (nSPS) is 14.2. The molecule has 0 unspecified atom stereocenters. The van der Waals surface area contributed by atoms with E-state index in [0.717, 1.165) is 54.4 Å². The maximum absolute atomic E-state index is 7.88. The van der Waals surface area contributed by atoms with Crippen LogP contribution < -0.4 is 10.5 Å². The van der Waals surface area contributed by atoms with E-state index >= 15 is 0 Å². The molecule has 0 bridgehead atoms. The summed E-state index contributed by atoms with van der Waals surface area (Å²) in [5.74, 6) is 2.50. The quantitative estimate of drug-likeness (QED) is 0.300. The number of ether oxygens (including phenoxy) is 1. The molecule has 168 valence electrons. The fourth-order valence-electron chi connectivity index (χ4n) is 3.71. The summed E-state index contributed by atoms with van der Waals surface area (Å²) < 4.78 is 7.10. The van der Waals surface area contributed by atoms with Gasteiger partial charge in [0.05, 0.1) is 16.1 Å². The van der Waals surface area contributed by atoms with Gasteiger partial charge in [0, 0.05) is 19.5 Å². The molecular weight excluding hydrogens is 418 g/mol. The first-order valence-corrected chi connectivity index (χ1v) is 12.1. The number of hydrogen-bond acceptors (Lipinski definition) is 5. The second kappa shape index (κ2) is 10.7. The van der Waals surface area contributed by atoms with Gasteiger partial charge >= 0.3 is 0 Å². The number of aromatic nitrogens is 1. The van der Waals surface area contributed by atoms with Crippen LogP contribution in [0, 0.1) is 11.3 Å². The number of nitrogens with two attached hydrogens (primary N) is 1. The first-order chi connectivity index (χ1) is 15.5. The van der Waals surface area contributed by atoms with Crippen molar-refractivity contribution in [3.05, 3.63) is 54.1 Å². The molecule has 0 atom stereocenters. The van der Waals surface area contributed by atoms with E-state index in [2.05, 4.69) is 33.1 Å². The Morgan fingerprint density at radius 1 is 1.19 bits per heavy atom. The van der Waals surface area contributed by atoms with Crippen molar-refractivity contribution in [2.24, 2.45) is 16.6 Å². The van der Waals surface area contributed by atoms with Crippen molar-refractivity contribution in [3.63, 3.8) is 0 Å². The number of para-hydroxylation sites is 1. The van der Waals surface area contributed by atoms with E-state index < -0.39 is 0 Å². The lowest BCUT2D eigenvalue weighted by Gasteiger charge is -2.22. The highest BCUT2D eigenvalue weighted by molar-refractivity contribution is 7.20. The molecule has 1 aliphatic rings. The third-order valence-corrected chi connectivity index (χ3v) is 6.45. The number of aliphatic imine (C=N–C) groups is 1. The van der Waals surface area contributed by atoms with Crippen LogP contribution in [-0.2, 0) is 6.42 Å². The minimum absolute atomic E-state index is 0.375. The molecule has 1 heterocycles. The molecule has 0 saturated heterocycles. The third kappa shape index (κ3) is 6.87. The van der Waals surface area contributed by atoms with Crippen molar-refractivity contribution in [2.75, 3.05) is 19.6 Å². The molecule has 1 aliphatic carbocycles. The Bertz CT molecular complexity index is 1030. The monoisotopic (exact) mass is 449 g/mol. The Kier molecular flexibility index (Phi) is 7.50. The van der Waals surface area contributed by atoms with Crippen LogP contribution in [0.1, 0.15) is 38.2 Å². The maximum Gasteiger partial charge on any atom is 0.279 e. The summed E-state index contributed by atoms with van der Waals surface area (Å²) >= 11 is 1.56. The van der Waals surface area contributed by atoms with Crippen LogP contribution in [0.5, 0.6) is 10.9 Å². The number of thiazole rings is 1. The molecule has 4 rings (SSSR count). The topological polar surface area (TPSA) is 87.6 Å². The Labute approximate surface area is 193 Å². The average Bonchev–Trinajstić information content (AvgIpc) is 3.48. The van der Waals surface area contributed by atoms with Gasteiger partial charge in [-0.15, -0.1) is 0 Å². The molecule has 0 radical (unpaired) electrons. The van der Waals surface area contributed by atoms with Gasteiger partial charge in [0.15, 0.2) is 0 Å². The summed E-state index contributed by atoms with van der Waals surface area (Å²) in [6, 6.07) is 16.4. The second-order valence-electron chi connectivity index (χ2n) is 8.49. The van der Waals surface area contributed by atoms with Crippen LogP contribution in [0.25, 0.3) is 10.2 Å². The van der Waals surface area contributed by atoms with Crippen molar-refractivity contribution >= 4 is 33.2 Å². The van der Waals surface area contributed by atoms with Gasteiger partial charge in [-0.3, -0.25) is 5.41 Å². The summed E-state index contributed by atoms with van der Waals surface area (Å²) in [6.07, 6.45) is 5.32. The highest BCUT2D eigenvalue weighted by atomic mass is 32.1. The van der Waals surface area contributed by atoms with E-state index in [1.54, 1.807) is 18.3 Å². The Morgan fingerprint density at radius 3 is 2.69 bits per heavy atom. The van der Waals surface area contributed by atoms with Crippen molar-refractivity contribution in [1.82, 2.24) is 9.88 Å². The number of nitrogens with zero attached hydrogens (tertiary/aromatic N) is 3. The molecule has 3 N–H and O–H groups in total. The SMILES string of the molecule is CC(N)=NC(=N)CCCN(CCc1ccc(Oc2nc3ccccc3s2)cc1)CC1CC1. The minimum Gasteiger partial charge on any atom is -0.431 e. The largest absolute Gasteiger partial charge is 0.431 e. The second-order valence-corrected chi connectivity index (χ2v) is 9.48. The number of nitrogens with one attached hydrogen (secondary N) is 1.